The summed E-state index contributed by atoms with van der Waals surface area (Å²) in [6, 6.07) is 0. The Morgan fingerprint density at radius 1 is 1.00 bits per heavy atom. The van der Waals surface area contributed by atoms with E-state index in [1.165, 1.54) is 0 Å². The van der Waals surface area contributed by atoms with Crippen LogP contribution in [0.2, 0.25) is 0 Å². The minimum Gasteiger partial charge on any atom is -0.481 e. The third-order valence-corrected chi connectivity index (χ3v) is 1.29. The highest BCUT2D eigenvalue weighted by Gasteiger charge is 2.40. The maximum absolute atomic E-state index is 10.3. The first kappa shape index (κ1) is 16.7. The Labute approximate surface area is 91.1 Å². The van der Waals surface area contributed by atoms with Gasteiger partial charge >= 0.3 is 17.9 Å². The molecule has 4 N–H and O–H groups in total. The fraction of sp³-hybridized carbons (Fsp3) is 0.625. The summed E-state index contributed by atoms with van der Waals surface area (Å²) in [7, 11) is 3.25. The first-order valence-corrected chi connectivity index (χ1v) is 3.99. The Morgan fingerprint density at radius 3 is 1.38 bits per heavy atom. The van der Waals surface area contributed by atoms with Gasteiger partial charge in [0.15, 0.2) is 5.60 Å². The molecule has 0 aliphatic heterocycles. The zero-order valence-corrected chi connectivity index (χ0v) is 8.84. The van der Waals surface area contributed by atoms with Crippen molar-refractivity contribution in [3.05, 3.63) is 0 Å². The van der Waals surface area contributed by atoms with E-state index in [1.807, 2.05) is 0 Å². The van der Waals surface area contributed by atoms with Gasteiger partial charge in [-0.25, -0.2) is 4.79 Å². The Balaban J connectivity index is 0. The van der Waals surface area contributed by atoms with Crippen LogP contribution in [0.15, 0.2) is 0 Å². The van der Waals surface area contributed by atoms with Gasteiger partial charge in [0.05, 0.1) is 12.8 Å². The summed E-state index contributed by atoms with van der Waals surface area (Å²) in [6.07, 6.45) is -2.29. The van der Waals surface area contributed by atoms with Crippen molar-refractivity contribution in [3.63, 3.8) is 0 Å². The van der Waals surface area contributed by atoms with Gasteiger partial charge in [0.25, 0.3) is 0 Å². The molecule has 0 saturated heterocycles. The molecule has 0 saturated carbocycles. The summed E-state index contributed by atoms with van der Waals surface area (Å²) >= 11 is 0. The van der Waals surface area contributed by atoms with E-state index >= 15 is 0 Å². The van der Waals surface area contributed by atoms with E-state index in [9.17, 15) is 14.4 Å². The van der Waals surface area contributed by atoms with Crippen LogP contribution in [0.5, 0.6) is 0 Å². The van der Waals surface area contributed by atoms with Gasteiger partial charge in [-0.05, 0) is 0 Å². The van der Waals surface area contributed by atoms with Crippen LogP contribution in [0.1, 0.15) is 12.8 Å². The van der Waals surface area contributed by atoms with E-state index in [0.717, 1.165) is 0 Å². The van der Waals surface area contributed by atoms with Gasteiger partial charge in [-0.15, -0.1) is 0 Å². The first-order valence-electron chi connectivity index (χ1n) is 3.99. The molecule has 0 aliphatic rings. The maximum Gasteiger partial charge on any atom is 0.336 e. The smallest absolute Gasteiger partial charge is 0.336 e. The molecule has 0 rings (SSSR count). The number of ether oxygens (including phenoxy) is 1. The quantitative estimate of drug-likeness (QED) is 0.478. The van der Waals surface area contributed by atoms with Gasteiger partial charge in [0.1, 0.15) is 0 Å². The molecule has 0 aliphatic carbocycles. The Bertz CT molecular complexity index is 243. The zero-order valence-electron chi connectivity index (χ0n) is 8.84. The number of rotatable bonds is 5. The predicted octanol–water partition coefficient (Wildman–Crippen LogP) is -0.986. The number of carboxylic acid groups (broad SMARTS) is 3. The second-order valence-corrected chi connectivity index (χ2v) is 2.89. The molecule has 0 atom stereocenters. The van der Waals surface area contributed by atoms with E-state index in [2.05, 4.69) is 4.74 Å². The zero-order chi connectivity index (χ0) is 13.4. The van der Waals surface area contributed by atoms with Crippen LogP contribution in [0, 0.1) is 0 Å². The SMILES string of the molecule is COC.O=C(O)CC(O)(CC(=O)O)C(=O)O. The van der Waals surface area contributed by atoms with Gasteiger partial charge in [0, 0.05) is 14.2 Å². The molecule has 0 fully saturated rings. The number of aliphatic carboxylic acids is 3. The number of carboxylic acids is 3. The second-order valence-electron chi connectivity index (χ2n) is 2.89. The van der Waals surface area contributed by atoms with Crippen molar-refractivity contribution in [1.82, 2.24) is 0 Å². The van der Waals surface area contributed by atoms with Crippen molar-refractivity contribution in [2.75, 3.05) is 14.2 Å². The first-order chi connectivity index (χ1) is 7.19. The van der Waals surface area contributed by atoms with E-state index in [1.54, 1.807) is 14.2 Å². The van der Waals surface area contributed by atoms with Gasteiger partial charge in [0.2, 0.25) is 0 Å². The molecule has 0 heterocycles. The van der Waals surface area contributed by atoms with Crippen LogP contribution in [-0.4, -0.2) is 58.2 Å². The van der Waals surface area contributed by atoms with Gasteiger partial charge < -0.3 is 25.2 Å². The molecule has 0 aromatic carbocycles. The minimum absolute atomic E-state index is 1.14. The van der Waals surface area contributed by atoms with E-state index in [4.69, 9.17) is 20.4 Å². The molecule has 94 valence electrons. The number of hydrogen-bond acceptors (Lipinski definition) is 5. The average molecular weight is 238 g/mol. The molecule has 0 bridgehead atoms. The lowest BCUT2D eigenvalue weighted by Gasteiger charge is -2.18. The van der Waals surface area contributed by atoms with Crippen LogP contribution >= 0.6 is 0 Å². The van der Waals surface area contributed by atoms with E-state index < -0.39 is 36.4 Å². The highest BCUT2D eigenvalue weighted by Crippen LogP contribution is 2.15. The summed E-state index contributed by atoms with van der Waals surface area (Å²) in [5.74, 6) is -5.02. The van der Waals surface area contributed by atoms with Crippen molar-refractivity contribution >= 4 is 17.9 Å². The predicted molar refractivity (Wildman–Crippen MR) is 50.0 cm³/mol. The fourth-order valence-electron chi connectivity index (χ4n) is 0.714. The Hall–Kier alpha value is -1.67. The third kappa shape index (κ3) is 7.71. The van der Waals surface area contributed by atoms with Crippen LogP contribution in [0.3, 0.4) is 0 Å². The Kier molecular flexibility index (Phi) is 7.96. The summed E-state index contributed by atoms with van der Waals surface area (Å²) in [5.41, 5.74) is -2.74. The van der Waals surface area contributed by atoms with Gasteiger partial charge in [-0.1, -0.05) is 0 Å². The molecule has 16 heavy (non-hydrogen) atoms. The molecular weight excluding hydrogens is 224 g/mol. The lowest BCUT2D eigenvalue weighted by molar-refractivity contribution is -0.170. The van der Waals surface area contributed by atoms with Crippen molar-refractivity contribution in [1.29, 1.82) is 0 Å². The highest BCUT2D eigenvalue weighted by molar-refractivity contribution is 5.88. The number of carbonyl (C=O) groups is 3. The molecule has 0 amide bonds. The number of aliphatic hydroxyl groups is 1. The summed E-state index contributed by atoms with van der Waals surface area (Å²) < 4.78 is 4.25. The summed E-state index contributed by atoms with van der Waals surface area (Å²) in [6.45, 7) is 0. The largest absolute Gasteiger partial charge is 0.481 e. The van der Waals surface area contributed by atoms with E-state index in [0.29, 0.717) is 0 Å². The van der Waals surface area contributed by atoms with Crippen LogP contribution in [-0.2, 0) is 19.1 Å². The maximum atomic E-state index is 10.3. The topological polar surface area (TPSA) is 141 Å². The molecule has 0 unspecified atom stereocenters. The van der Waals surface area contributed by atoms with Crippen LogP contribution in [0.4, 0.5) is 0 Å². The molecule has 0 spiro atoms. The third-order valence-electron chi connectivity index (χ3n) is 1.29. The minimum atomic E-state index is -2.74. The average Bonchev–Trinajstić information content (AvgIpc) is 2.01. The molecule has 0 aromatic rings. The molecule has 0 radical (unpaired) electrons. The molecule has 8 nitrogen and oxygen atoms in total. The lowest BCUT2D eigenvalue weighted by atomic mass is 9.96. The van der Waals surface area contributed by atoms with Crippen LogP contribution < -0.4 is 0 Å². The normalized spacial score (nSPS) is 9.94. The summed E-state index contributed by atoms with van der Waals surface area (Å²) in [5, 5.41) is 33.8. The fourth-order valence-corrected chi connectivity index (χ4v) is 0.714. The standard InChI is InChI=1S/C6H8O7.C2H6O/c7-3(8)1-6(13,5(11)12)2-4(9)10;1-3-2/h13H,1-2H2,(H,7,8)(H,9,10)(H,11,12);1-2H3. The van der Waals surface area contributed by atoms with Gasteiger partial charge in [-0.2, -0.15) is 0 Å². The van der Waals surface area contributed by atoms with Crippen molar-refractivity contribution < 1.29 is 39.5 Å². The highest BCUT2D eigenvalue weighted by atomic mass is 16.5. The monoisotopic (exact) mass is 238 g/mol. The van der Waals surface area contributed by atoms with Crippen molar-refractivity contribution in [2.45, 2.75) is 18.4 Å². The number of hydrogen-bond donors (Lipinski definition) is 4. The van der Waals surface area contributed by atoms with Crippen LogP contribution in [0.25, 0.3) is 0 Å². The number of methoxy groups -OCH3 is 1. The second kappa shape index (κ2) is 7.60. The Morgan fingerprint density at radius 2 is 1.25 bits per heavy atom. The van der Waals surface area contributed by atoms with Crippen molar-refractivity contribution in [2.24, 2.45) is 0 Å². The van der Waals surface area contributed by atoms with E-state index in [-0.39, 0.29) is 0 Å². The summed E-state index contributed by atoms with van der Waals surface area (Å²) in [4.78, 5) is 30.5. The van der Waals surface area contributed by atoms with Crippen molar-refractivity contribution in [3.8, 4) is 0 Å². The van der Waals surface area contributed by atoms with Gasteiger partial charge in [-0.3, -0.25) is 9.59 Å². The molecule has 0 aromatic heterocycles. The molecule has 8 heteroatoms. The lowest BCUT2D eigenvalue weighted by Crippen LogP contribution is -2.42. The molecular formula is C8H14O8.